The van der Waals surface area contributed by atoms with E-state index in [2.05, 4.69) is 23.5 Å². The number of rotatable bonds is 7. The molecule has 1 aliphatic rings. The molecule has 136 valence electrons. The van der Waals surface area contributed by atoms with Crippen LogP contribution in [0.5, 0.6) is 0 Å². The van der Waals surface area contributed by atoms with Crippen LogP contribution in [0.3, 0.4) is 0 Å². The van der Waals surface area contributed by atoms with E-state index in [-0.39, 0.29) is 14.9 Å². The van der Waals surface area contributed by atoms with Gasteiger partial charge in [-0.3, -0.25) is 0 Å². The van der Waals surface area contributed by atoms with Crippen LogP contribution in [0.4, 0.5) is 0 Å². The van der Waals surface area contributed by atoms with E-state index in [9.17, 15) is 8.42 Å². The number of hydrogen-bond donors (Lipinski definition) is 1. The summed E-state index contributed by atoms with van der Waals surface area (Å²) in [5.74, 6) is 1.49. The minimum atomic E-state index is -3.62. The lowest BCUT2D eigenvalue weighted by atomic mass is 9.92. The number of halogens is 2. The Labute approximate surface area is 155 Å². The van der Waals surface area contributed by atoms with Crippen LogP contribution in [0.1, 0.15) is 33.1 Å². The molecule has 0 bridgehead atoms. The minimum Gasteiger partial charge on any atom is -0.303 e. The summed E-state index contributed by atoms with van der Waals surface area (Å²) in [6.07, 6.45) is 3.08. The molecule has 0 spiro atoms. The fourth-order valence-corrected chi connectivity index (χ4v) is 5.24. The third-order valence-corrected chi connectivity index (χ3v) is 6.78. The van der Waals surface area contributed by atoms with Gasteiger partial charge in [0, 0.05) is 19.6 Å². The predicted octanol–water partition coefficient (Wildman–Crippen LogP) is 4.03. The first-order chi connectivity index (χ1) is 11.3. The van der Waals surface area contributed by atoms with Crippen LogP contribution in [-0.4, -0.2) is 39.5 Å². The van der Waals surface area contributed by atoms with Gasteiger partial charge < -0.3 is 4.90 Å². The second kappa shape index (κ2) is 8.86. The van der Waals surface area contributed by atoms with Crippen molar-refractivity contribution in [3.63, 3.8) is 0 Å². The topological polar surface area (TPSA) is 49.4 Å². The molecule has 0 saturated carbocycles. The summed E-state index contributed by atoms with van der Waals surface area (Å²) in [5, 5.41) is 0.316. The predicted molar refractivity (Wildman–Crippen MR) is 100 cm³/mol. The maximum Gasteiger partial charge on any atom is 0.242 e. The highest BCUT2D eigenvalue weighted by molar-refractivity contribution is 7.89. The maximum absolute atomic E-state index is 12.3. The number of nitrogens with zero attached hydrogens (tertiary/aromatic N) is 1. The molecule has 2 unspecified atom stereocenters. The maximum atomic E-state index is 12.3. The quantitative estimate of drug-likeness (QED) is 0.712. The number of benzene rings is 1. The van der Waals surface area contributed by atoms with Gasteiger partial charge in [0.2, 0.25) is 10.0 Å². The smallest absolute Gasteiger partial charge is 0.242 e. The third kappa shape index (κ3) is 5.60. The summed E-state index contributed by atoms with van der Waals surface area (Å²) in [5.41, 5.74) is 0. The fraction of sp³-hybridized carbons (Fsp3) is 0.647. The molecule has 2 rings (SSSR count). The first-order valence-corrected chi connectivity index (χ1v) is 10.7. The molecule has 2 atom stereocenters. The third-order valence-electron chi connectivity index (χ3n) is 4.34. The first kappa shape index (κ1) is 20.0. The molecular formula is C17H26Cl2N2O2S. The van der Waals surface area contributed by atoms with Crippen molar-refractivity contribution in [2.75, 3.05) is 26.2 Å². The molecule has 1 fully saturated rings. The molecule has 24 heavy (non-hydrogen) atoms. The van der Waals surface area contributed by atoms with Gasteiger partial charge in [0.1, 0.15) is 4.90 Å². The van der Waals surface area contributed by atoms with E-state index in [4.69, 9.17) is 23.2 Å². The van der Waals surface area contributed by atoms with Crippen LogP contribution in [0.2, 0.25) is 10.0 Å². The second-order valence-corrected chi connectivity index (χ2v) is 9.38. The lowest BCUT2D eigenvalue weighted by Crippen LogP contribution is -2.39. The number of piperidine rings is 1. The molecule has 0 aromatic heterocycles. The SMILES string of the molecule is CC1CC(C)CN(CCCCNS(=O)(=O)c2cccc(Cl)c2Cl)C1. The van der Waals surface area contributed by atoms with Crippen molar-refractivity contribution in [1.82, 2.24) is 9.62 Å². The van der Waals surface area contributed by atoms with E-state index in [0.717, 1.165) is 44.3 Å². The van der Waals surface area contributed by atoms with E-state index >= 15 is 0 Å². The van der Waals surface area contributed by atoms with E-state index < -0.39 is 10.0 Å². The van der Waals surface area contributed by atoms with Gasteiger partial charge in [-0.15, -0.1) is 0 Å². The Morgan fingerprint density at radius 2 is 1.83 bits per heavy atom. The van der Waals surface area contributed by atoms with E-state index in [0.29, 0.717) is 6.54 Å². The Hall–Kier alpha value is -0.330. The van der Waals surface area contributed by atoms with Gasteiger partial charge in [-0.25, -0.2) is 13.1 Å². The van der Waals surface area contributed by atoms with Crippen molar-refractivity contribution in [1.29, 1.82) is 0 Å². The molecular weight excluding hydrogens is 367 g/mol. The molecule has 1 aromatic rings. The molecule has 1 saturated heterocycles. The number of nitrogens with one attached hydrogen (secondary N) is 1. The van der Waals surface area contributed by atoms with Crippen molar-refractivity contribution in [2.24, 2.45) is 11.8 Å². The highest BCUT2D eigenvalue weighted by atomic mass is 35.5. The average Bonchev–Trinajstić information content (AvgIpc) is 2.48. The van der Waals surface area contributed by atoms with Gasteiger partial charge >= 0.3 is 0 Å². The van der Waals surface area contributed by atoms with Crippen LogP contribution in [0.15, 0.2) is 23.1 Å². The molecule has 0 amide bonds. The number of hydrogen-bond acceptors (Lipinski definition) is 3. The van der Waals surface area contributed by atoms with Crippen LogP contribution >= 0.6 is 23.2 Å². The van der Waals surface area contributed by atoms with Gasteiger partial charge in [-0.05, 0) is 49.8 Å². The summed E-state index contributed by atoms with van der Waals surface area (Å²) in [6, 6.07) is 4.62. The first-order valence-electron chi connectivity index (χ1n) is 8.45. The second-order valence-electron chi connectivity index (χ2n) is 6.86. The molecule has 0 aliphatic carbocycles. The van der Waals surface area contributed by atoms with Gasteiger partial charge in [0.15, 0.2) is 0 Å². The molecule has 1 heterocycles. The van der Waals surface area contributed by atoms with Crippen molar-refractivity contribution >= 4 is 33.2 Å². The molecule has 1 aliphatic heterocycles. The minimum absolute atomic E-state index is 0.0374. The summed E-state index contributed by atoms with van der Waals surface area (Å²) >= 11 is 11.9. The van der Waals surface area contributed by atoms with Crippen molar-refractivity contribution < 1.29 is 8.42 Å². The Balaban J connectivity index is 1.76. The highest BCUT2D eigenvalue weighted by Gasteiger charge is 2.21. The summed E-state index contributed by atoms with van der Waals surface area (Å²) in [4.78, 5) is 2.52. The van der Waals surface area contributed by atoms with Crippen LogP contribution in [0, 0.1) is 11.8 Å². The zero-order chi connectivity index (χ0) is 17.7. The van der Waals surface area contributed by atoms with Crippen LogP contribution in [0.25, 0.3) is 0 Å². The van der Waals surface area contributed by atoms with E-state index in [1.807, 2.05) is 0 Å². The molecule has 4 nitrogen and oxygen atoms in total. The summed E-state index contributed by atoms with van der Waals surface area (Å²) < 4.78 is 27.2. The average molecular weight is 393 g/mol. The van der Waals surface area contributed by atoms with E-state index in [1.165, 1.54) is 12.5 Å². The number of unbranched alkanes of at least 4 members (excludes halogenated alkanes) is 1. The van der Waals surface area contributed by atoms with Crippen molar-refractivity contribution in [2.45, 2.75) is 38.0 Å². The number of likely N-dealkylation sites (tertiary alicyclic amines) is 1. The van der Waals surface area contributed by atoms with Crippen molar-refractivity contribution in [3.05, 3.63) is 28.2 Å². The Kier molecular flexibility index (Phi) is 7.38. The lowest BCUT2D eigenvalue weighted by molar-refractivity contribution is 0.139. The molecule has 1 aromatic carbocycles. The van der Waals surface area contributed by atoms with Crippen molar-refractivity contribution in [3.8, 4) is 0 Å². The van der Waals surface area contributed by atoms with Gasteiger partial charge in [-0.2, -0.15) is 0 Å². The zero-order valence-electron chi connectivity index (χ0n) is 14.3. The standard InChI is InChI=1S/C17H26Cl2N2O2S/c1-13-10-14(2)12-21(11-13)9-4-3-8-20-24(22,23)16-7-5-6-15(18)17(16)19/h5-7,13-14,20H,3-4,8-12H2,1-2H3. The van der Waals surface area contributed by atoms with Gasteiger partial charge in [0.05, 0.1) is 10.0 Å². The Morgan fingerprint density at radius 3 is 2.50 bits per heavy atom. The lowest BCUT2D eigenvalue weighted by Gasteiger charge is -2.34. The fourth-order valence-electron chi connectivity index (χ4n) is 3.41. The summed E-state index contributed by atoms with van der Waals surface area (Å²) in [7, 11) is -3.62. The largest absolute Gasteiger partial charge is 0.303 e. The van der Waals surface area contributed by atoms with Gasteiger partial charge in [-0.1, -0.05) is 43.1 Å². The summed E-state index contributed by atoms with van der Waals surface area (Å²) in [6.45, 7) is 8.32. The Morgan fingerprint density at radius 1 is 1.17 bits per heavy atom. The normalized spacial score (nSPS) is 22.7. The van der Waals surface area contributed by atoms with Crippen LogP contribution < -0.4 is 4.72 Å². The zero-order valence-corrected chi connectivity index (χ0v) is 16.6. The highest BCUT2D eigenvalue weighted by Crippen LogP contribution is 2.28. The van der Waals surface area contributed by atoms with E-state index in [1.54, 1.807) is 12.1 Å². The molecule has 0 radical (unpaired) electrons. The molecule has 1 N–H and O–H groups in total. The van der Waals surface area contributed by atoms with Crippen LogP contribution in [-0.2, 0) is 10.0 Å². The number of sulfonamides is 1. The Bertz CT molecular complexity index is 642. The molecule has 7 heteroatoms. The monoisotopic (exact) mass is 392 g/mol. The van der Waals surface area contributed by atoms with Gasteiger partial charge in [0.25, 0.3) is 0 Å².